The van der Waals surface area contributed by atoms with Crippen molar-refractivity contribution >= 4 is 46.4 Å². The molecule has 3 aromatic rings. The van der Waals surface area contributed by atoms with E-state index in [-0.39, 0.29) is 40.9 Å². The molecule has 4 atom stereocenters. The Bertz CT molecular complexity index is 1680. The van der Waals surface area contributed by atoms with Gasteiger partial charge in [0.15, 0.2) is 0 Å². The van der Waals surface area contributed by atoms with Gasteiger partial charge in [0.1, 0.15) is 0 Å². The summed E-state index contributed by atoms with van der Waals surface area (Å²) in [5.41, 5.74) is 1.84. The van der Waals surface area contributed by atoms with Crippen LogP contribution in [0.25, 0.3) is 0 Å². The van der Waals surface area contributed by atoms with Crippen LogP contribution in [-0.4, -0.2) is 54.9 Å². The number of rotatable bonds is 6. The van der Waals surface area contributed by atoms with Crippen LogP contribution in [0.4, 0.5) is 30.2 Å². The van der Waals surface area contributed by atoms with E-state index in [1.165, 1.54) is 13.0 Å². The summed E-state index contributed by atoms with van der Waals surface area (Å²) < 4.78 is 42.0. The summed E-state index contributed by atoms with van der Waals surface area (Å²) in [6.07, 6.45) is -2.29. The van der Waals surface area contributed by atoms with E-state index in [0.29, 0.717) is 56.7 Å². The number of para-hydroxylation sites is 1. The van der Waals surface area contributed by atoms with E-state index < -0.39 is 23.6 Å². The molecule has 12 heteroatoms. The second-order valence-corrected chi connectivity index (χ2v) is 13.6. The van der Waals surface area contributed by atoms with E-state index in [1.807, 2.05) is 48.2 Å². The van der Waals surface area contributed by atoms with Gasteiger partial charge in [0.05, 0.1) is 17.0 Å². The van der Waals surface area contributed by atoms with E-state index in [0.717, 1.165) is 28.9 Å². The molecule has 3 saturated heterocycles. The Labute approximate surface area is 283 Å². The zero-order chi connectivity index (χ0) is 34.2. The molecule has 3 aromatic carbocycles. The summed E-state index contributed by atoms with van der Waals surface area (Å²) in [6.45, 7) is 4.88. The highest BCUT2D eigenvalue weighted by molar-refractivity contribution is 6.20. The van der Waals surface area contributed by atoms with Crippen molar-refractivity contribution in [1.82, 2.24) is 10.6 Å². The molecule has 4 unspecified atom stereocenters. The third-order valence-corrected chi connectivity index (χ3v) is 10.1. The molecule has 3 fully saturated rings. The molecule has 3 aliphatic heterocycles. The topological polar surface area (TPSA) is 93.8 Å². The van der Waals surface area contributed by atoms with Crippen molar-refractivity contribution in [2.75, 3.05) is 34.8 Å². The molecule has 8 nitrogen and oxygen atoms in total. The highest BCUT2D eigenvalue weighted by Crippen LogP contribution is 2.42. The van der Waals surface area contributed by atoms with Crippen molar-refractivity contribution in [3.05, 3.63) is 89.0 Å². The first kappa shape index (κ1) is 33.8. The fraction of sp³-hybridized carbons (Fsp3) is 0.417. The van der Waals surface area contributed by atoms with Crippen LogP contribution >= 0.6 is 11.6 Å². The molecular weight excluding hydrogens is 643 g/mol. The molecule has 0 saturated carbocycles. The Morgan fingerprint density at radius 2 is 1.69 bits per heavy atom. The molecule has 0 aliphatic carbocycles. The number of hydrogen-bond acceptors (Lipinski definition) is 5. The lowest BCUT2D eigenvalue weighted by molar-refractivity contribution is -0.137. The fourth-order valence-electron chi connectivity index (χ4n) is 7.32. The van der Waals surface area contributed by atoms with Gasteiger partial charge < -0.3 is 25.8 Å². The summed E-state index contributed by atoms with van der Waals surface area (Å²) in [5, 5.41) is 8.99. The number of hydrogen-bond donors (Lipinski definition) is 3. The third kappa shape index (κ3) is 7.32. The smallest absolute Gasteiger partial charge is 0.371 e. The van der Waals surface area contributed by atoms with Gasteiger partial charge >= 0.3 is 6.18 Å². The van der Waals surface area contributed by atoms with Gasteiger partial charge in [-0.3, -0.25) is 14.4 Å². The number of alkyl halides is 4. The highest BCUT2D eigenvalue weighted by Gasteiger charge is 2.45. The average molecular weight is 682 g/mol. The number of piperidine rings is 3. The van der Waals surface area contributed by atoms with Crippen LogP contribution < -0.4 is 25.8 Å². The zero-order valence-electron chi connectivity index (χ0n) is 26.8. The Morgan fingerprint density at radius 1 is 0.958 bits per heavy atom. The van der Waals surface area contributed by atoms with Gasteiger partial charge in [-0.2, -0.15) is 13.2 Å². The lowest BCUT2D eigenvalue weighted by Gasteiger charge is -2.48. The van der Waals surface area contributed by atoms with Crippen LogP contribution in [0, 0.1) is 12.8 Å². The second-order valence-electron chi connectivity index (χ2n) is 13.0. The Balaban J connectivity index is 1.26. The van der Waals surface area contributed by atoms with Gasteiger partial charge in [0.2, 0.25) is 11.8 Å². The van der Waals surface area contributed by atoms with Crippen molar-refractivity contribution in [3.63, 3.8) is 0 Å². The highest BCUT2D eigenvalue weighted by atomic mass is 35.5. The van der Waals surface area contributed by atoms with Gasteiger partial charge in [-0.15, -0.1) is 11.6 Å². The maximum atomic E-state index is 14.2. The Kier molecular flexibility index (Phi) is 9.71. The summed E-state index contributed by atoms with van der Waals surface area (Å²) in [5.74, 6) is -1.22. The summed E-state index contributed by atoms with van der Waals surface area (Å²) >= 11 is 6.48. The molecule has 6 rings (SSSR count). The van der Waals surface area contributed by atoms with E-state index >= 15 is 0 Å². The number of anilines is 3. The van der Waals surface area contributed by atoms with Crippen molar-refractivity contribution < 1.29 is 27.6 Å². The summed E-state index contributed by atoms with van der Waals surface area (Å²) in [4.78, 5) is 42.9. The van der Waals surface area contributed by atoms with Crippen molar-refractivity contribution in [2.45, 2.75) is 69.2 Å². The van der Waals surface area contributed by atoms with Gasteiger partial charge in [-0.25, -0.2) is 0 Å². The minimum absolute atomic E-state index is 0.0450. The third-order valence-electron chi connectivity index (χ3n) is 9.72. The van der Waals surface area contributed by atoms with E-state index in [2.05, 4.69) is 16.0 Å². The molecule has 254 valence electrons. The van der Waals surface area contributed by atoms with Crippen LogP contribution in [0.1, 0.15) is 65.6 Å². The van der Waals surface area contributed by atoms with Crippen molar-refractivity contribution in [1.29, 1.82) is 0 Å². The number of nitrogens with one attached hydrogen (secondary N) is 3. The molecule has 3 N–H and O–H groups in total. The summed E-state index contributed by atoms with van der Waals surface area (Å²) in [6, 6.07) is 18.1. The molecule has 0 aromatic heterocycles. The van der Waals surface area contributed by atoms with Crippen LogP contribution in [0.15, 0.2) is 66.7 Å². The number of aryl methyl sites for hydroxylation is 1. The molecular formula is C36H39ClF3N5O3. The minimum atomic E-state index is -4.65. The Morgan fingerprint density at radius 3 is 2.38 bits per heavy atom. The van der Waals surface area contributed by atoms with Crippen molar-refractivity contribution in [2.24, 2.45) is 5.92 Å². The normalized spacial score (nSPS) is 23.4. The molecule has 0 spiro atoms. The van der Waals surface area contributed by atoms with Gasteiger partial charge in [0.25, 0.3) is 5.91 Å². The van der Waals surface area contributed by atoms with Gasteiger partial charge in [-0.05, 0) is 92.1 Å². The van der Waals surface area contributed by atoms with Gasteiger partial charge in [-0.1, -0.05) is 24.3 Å². The number of fused-ring (bicyclic) bond motifs is 1. The van der Waals surface area contributed by atoms with Crippen molar-refractivity contribution in [3.8, 4) is 0 Å². The average Bonchev–Trinajstić information content (AvgIpc) is 3.05. The maximum absolute atomic E-state index is 14.2. The predicted octanol–water partition coefficient (Wildman–Crippen LogP) is 6.43. The monoisotopic (exact) mass is 681 g/mol. The summed E-state index contributed by atoms with van der Waals surface area (Å²) in [7, 11) is 0. The first-order valence-electron chi connectivity index (χ1n) is 16.3. The quantitative estimate of drug-likeness (QED) is 0.206. The first-order valence-corrected chi connectivity index (χ1v) is 16.7. The first-order chi connectivity index (χ1) is 22.9. The number of nitrogens with zero attached hydrogens (tertiary/aromatic N) is 2. The largest absolute Gasteiger partial charge is 0.416 e. The predicted molar refractivity (Wildman–Crippen MR) is 180 cm³/mol. The standard InChI is InChI=1S/C36H39ClF3N5O3/c1-21-8-9-27(18-30(21)31-16-24-20-41-33(37)19-32(24)45(35(31)48)28-6-4-3-5-7-28)43-34(47)23-14-25(36(38,39)40)17-29(15-23)44-12-10-26(11-13-44)42-22(2)46/h3-9,14-15,17-18,24,26,31-33,41H,10-13,16,19-20H2,1-2H3,(H,42,46)(H,43,47). The molecule has 3 heterocycles. The Hall–Kier alpha value is -4.09. The van der Waals surface area contributed by atoms with Crippen LogP contribution in [0.2, 0.25) is 0 Å². The van der Waals surface area contributed by atoms with Crippen LogP contribution in [0.3, 0.4) is 0 Å². The lowest BCUT2D eigenvalue weighted by atomic mass is 9.75. The molecule has 0 bridgehead atoms. The SMILES string of the molecule is CC(=O)NC1CCN(c2cc(C(=O)Nc3ccc(C)c(C4CC5CNC(Cl)CC5N(c5ccccc5)C4=O)c3)cc(C(F)(F)F)c2)CC1. The van der Waals surface area contributed by atoms with E-state index in [9.17, 15) is 27.6 Å². The maximum Gasteiger partial charge on any atom is 0.416 e. The van der Waals surface area contributed by atoms with E-state index in [4.69, 9.17) is 11.6 Å². The van der Waals surface area contributed by atoms with E-state index in [1.54, 1.807) is 17.0 Å². The molecule has 3 aliphatic rings. The number of benzene rings is 3. The van der Waals surface area contributed by atoms with Gasteiger partial charge in [0, 0.05) is 61.3 Å². The lowest BCUT2D eigenvalue weighted by Crippen LogP contribution is -2.59. The molecule has 48 heavy (non-hydrogen) atoms. The molecule has 0 radical (unpaired) electrons. The number of amides is 3. The molecule has 3 amide bonds. The van der Waals surface area contributed by atoms with Crippen LogP contribution in [-0.2, 0) is 15.8 Å². The minimum Gasteiger partial charge on any atom is -0.371 e. The van der Waals surface area contributed by atoms with Crippen LogP contribution in [0.5, 0.6) is 0 Å². The fourth-order valence-corrected chi connectivity index (χ4v) is 7.59. The zero-order valence-corrected chi connectivity index (χ0v) is 27.6. The number of carbonyl (C=O) groups is 3. The second kappa shape index (κ2) is 13.8. The number of halogens is 4. The number of carbonyl (C=O) groups excluding carboxylic acids is 3.